The second-order valence-corrected chi connectivity index (χ2v) is 3.97. The van der Waals surface area contributed by atoms with Crippen molar-refractivity contribution in [1.82, 2.24) is 0 Å². The number of rotatable bonds is 5. The Bertz CT molecular complexity index is 256. The summed E-state index contributed by atoms with van der Waals surface area (Å²) in [6, 6.07) is 8.20. The Balaban J connectivity index is 2.64. The molecule has 1 atom stereocenters. The van der Waals surface area contributed by atoms with Crippen molar-refractivity contribution in [3.05, 3.63) is 29.8 Å². The maximum Gasteiger partial charge on any atom is 0.0821 e. The lowest BCUT2D eigenvalue weighted by atomic mass is 10.0. The summed E-state index contributed by atoms with van der Waals surface area (Å²) < 4.78 is 5.45. The van der Waals surface area contributed by atoms with Gasteiger partial charge in [-0.05, 0) is 24.1 Å². The summed E-state index contributed by atoms with van der Waals surface area (Å²) >= 11 is 4.26. The van der Waals surface area contributed by atoms with Gasteiger partial charge >= 0.3 is 0 Å². The zero-order chi connectivity index (χ0) is 10.4. The zero-order valence-corrected chi connectivity index (χ0v) is 9.76. The van der Waals surface area contributed by atoms with E-state index in [0.29, 0.717) is 0 Å². The largest absolute Gasteiger partial charge is 0.377 e. The van der Waals surface area contributed by atoms with E-state index in [1.54, 1.807) is 7.11 Å². The number of benzene rings is 1. The minimum Gasteiger partial charge on any atom is -0.377 e. The maximum absolute atomic E-state index is 5.45. The third-order valence-corrected chi connectivity index (χ3v) is 2.67. The van der Waals surface area contributed by atoms with E-state index in [9.17, 15) is 0 Å². The molecule has 0 bridgehead atoms. The van der Waals surface area contributed by atoms with Crippen LogP contribution in [0.3, 0.4) is 0 Å². The summed E-state index contributed by atoms with van der Waals surface area (Å²) in [6.45, 7) is 2.20. The van der Waals surface area contributed by atoms with Crippen molar-refractivity contribution >= 4 is 12.6 Å². The summed E-state index contributed by atoms with van der Waals surface area (Å²) in [5.41, 5.74) is 1.25. The fraction of sp³-hybridized carbons (Fsp3) is 0.500. The van der Waals surface area contributed by atoms with Crippen LogP contribution in [0.25, 0.3) is 0 Å². The van der Waals surface area contributed by atoms with Crippen molar-refractivity contribution in [2.45, 2.75) is 37.2 Å². The van der Waals surface area contributed by atoms with Crippen molar-refractivity contribution in [2.24, 2.45) is 0 Å². The highest BCUT2D eigenvalue weighted by atomic mass is 32.1. The van der Waals surface area contributed by atoms with Gasteiger partial charge in [0.25, 0.3) is 0 Å². The van der Waals surface area contributed by atoms with Gasteiger partial charge in [0.1, 0.15) is 0 Å². The Labute approximate surface area is 91.9 Å². The van der Waals surface area contributed by atoms with Crippen molar-refractivity contribution in [3.8, 4) is 0 Å². The Morgan fingerprint density at radius 2 is 1.93 bits per heavy atom. The molecule has 0 saturated carbocycles. The molecule has 1 aromatic carbocycles. The molecule has 1 rings (SSSR count). The van der Waals surface area contributed by atoms with Crippen molar-refractivity contribution < 1.29 is 4.74 Å². The van der Waals surface area contributed by atoms with Crippen LogP contribution in [0, 0.1) is 0 Å². The van der Waals surface area contributed by atoms with E-state index in [-0.39, 0.29) is 6.10 Å². The summed E-state index contributed by atoms with van der Waals surface area (Å²) in [5, 5.41) is 0. The minimum absolute atomic E-state index is 0.240. The van der Waals surface area contributed by atoms with Gasteiger partial charge in [0, 0.05) is 12.0 Å². The molecule has 1 unspecified atom stereocenters. The molecule has 1 aromatic rings. The van der Waals surface area contributed by atoms with Crippen LogP contribution in [-0.2, 0) is 4.74 Å². The van der Waals surface area contributed by atoms with Gasteiger partial charge in [-0.15, -0.1) is 12.6 Å². The molecule has 14 heavy (non-hydrogen) atoms. The molecule has 0 fully saturated rings. The number of hydrogen-bond donors (Lipinski definition) is 1. The summed E-state index contributed by atoms with van der Waals surface area (Å²) in [5.74, 6) is 0. The predicted molar refractivity (Wildman–Crippen MR) is 63.0 cm³/mol. The van der Waals surface area contributed by atoms with Crippen molar-refractivity contribution in [3.63, 3.8) is 0 Å². The maximum atomic E-state index is 5.45. The van der Waals surface area contributed by atoms with Crippen LogP contribution in [0.15, 0.2) is 29.2 Å². The molecule has 0 heterocycles. The average molecular weight is 210 g/mol. The number of ether oxygens (including phenoxy) is 1. The molecule has 78 valence electrons. The average Bonchev–Trinajstić information content (AvgIpc) is 2.21. The van der Waals surface area contributed by atoms with Gasteiger partial charge in [0.15, 0.2) is 0 Å². The lowest BCUT2D eigenvalue weighted by Crippen LogP contribution is -2.00. The van der Waals surface area contributed by atoms with Gasteiger partial charge < -0.3 is 4.74 Å². The standard InChI is InChI=1S/C12H18OS/c1-3-4-5-12(13-2)10-6-8-11(14)9-7-10/h6-9,12,14H,3-5H2,1-2H3. The molecule has 0 N–H and O–H groups in total. The summed E-state index contributed by atoms with van der Waals surface area (Å²) in [4.78, 5) is 0.999. The second kappa shape index (κ2) is 6.10. The molecule has 2 heteroatoms. The van der Waals surface area contributed by atoms with Crippen LogP contribution in [0.2, 0.25) is 0 Å². The highest BCUT2D eigenvalue weighted by Crippen LogP contribution is 2.23. The Morgan fingerprint density at radius 1 is 1.29 bits per heavy atom. The van der Waals surface area contributed by atoms with E-state index in [1.165, 1.54) is 18.4 Å². The molecule has 0 saturated heterocycles. The number of thiol groups is 1. The van der Waals surface area contributed by atoms with Crippen LogP contribution in [0.5, 0.6) is 0 Å². The van der Waals surface area contributed by atoms with Crippen molar-refractivity contribution in [2.75, 3.05) is 7.11 Å². The molecule has 0 spiro atoms. The van der Waals surface area contributed by atoms with Gasteiger partial charge in [0.05, 0.1) is 6.10 Å². The van der Waals surface area contributed by atoms with Crippen LogP contribution in [0.4, 0.5) is 0 Å². The zero-order valence-electron chi connectivity index (χ0n) is 8.86. The van der Waals surface area contributed by atoms with Gasteiger partial charge in [-0.25, -0.2) is 0 Å². The Morgan fingerprint density at radius 3 is 2.43 bits per heavy atom. The normalized spacial score (nSPS) is 12.8. The molecule has 0 aliphatic rings. The van der Waals surface area contributed by atoms with Gasteiger partial charge in [-0.1, -0.05) is 31.9 Å². The molecule has 0 aromatic heterocycles. The monoisotopic (exact) mass is 210 g/mol. The summed E-state index contributed by atoms with van der Waals surface area (Å²) in [7, 11) is 1.77. The smallest absolute Gasteiger partial charge is 0.0821 e. The van der Waals surface area contributed by atoms with Gasteiger partial charge in [-0.2, -0.15) is 0 Å². The number of methoxy groups -OCH3 is 1. The van der Waals surface area contributed by atoms with Crippen LogP contribution < -0.4 is 0 Å². The quantitative estimate of drug-likeness (QED) is 0.726. The lowest BCUT2D eigenvalue weighted by molar-refractivity contribution is 0.0936. The third-order valence-electron chi connectivity index (χ3n) is 2.37. The Kier molecular flexibility index (Phi) is 5.05. The number of hydrogen-bond acceptors (Lipinski definition) is 2. The third kappa shape index (κ3) is 3.35. The summed E-state index contributed by atoms with van der Waals surface area (Å²) in [6.07, 6.45) is 3.76. The second-order valence-electron chi connectivity index (χ2n) is 3.46. The van der Waals surface area contributed by atoms with Crippen LogP contribution in [-0.4, -0.2) is 7.11 Å². The fourth-order valence-corrected chi connectivity index (χ4v) is 1.65. The molecular formula is C12H18OS. The first-order chi connectivity index (χ1) is 6.77. The van der Waals surface area contributed by atoms with E-state index < -0.39 is 0 Å². The molecular weight excluding hydrogens is 192 g/mol. The Hall–Kier alpha value is -0.470. The first kappa shape index (κ1) is 11.6. The van der Waals surface area contributed by atoms with E-state index in [1.807, 2.05) is 12.1 Å². The van der Waals surface area contributed by atoms with Crippen molar-refractivity contribution in [1.29, 1.82) is 0 Å². The van der Waals surface area contributed by atoms with E-state index in [4.69, 9.17) is 4.74 Å². The topological polar surface area (TPSA) is 9.23 Å². The minimum atomic E-state index is 0.240. The highest BCUT2D eigenvalue weighted by Gasteiger charge is 2.08. The molecule has 0 amide bonds. The van der Waals surface area contributed by atoms with Crippen LogP contribution in [0.1, 0.15) is 37.9 Å². The first-order valence-electron chi connectivity index (χ1n) is 5.09. The van der Waals surface area contributed by atoms with Gasteiger partial charge in [-0.3, -0.25) is 0 Å². The molecule has 1 nitrogen and oxygen atoms in total. The van der Waals surface area contributed by atoms with Gasteiger partial charge in [0.2, 0.25) is 0 Å². The number of unbranched alkanes of at least 4 members (excludes halogenated alkanes) is 1. The lowest BCUT2D eigenvalue weighted by Gasteiger charge is -2.15. The SMILES string of the molecule is CCCCC(OC)c1ccc(S)cc1. The highest BCUT2D eigenvalue weighted by molar-refractivity contribution is 7.80. The molecule has 0 aliphatic carbocycles. The first-order valence-corrected chi connectivity index (χ1v) is 5.54. The fourth-order valence-electron chi connectivity index (χ4n) is 1.50. The molecule has 0 radical (unpaired) electrons. The van der Waals surface area contributed by atoms with E-state index in [0.717, 1.165) is 11.3 Å². The van der Waals surface area contributed by atoms with Crippen LogP contribution >= 0.6 is 12.6 Å². The molecule has 0 aliphatic heterocycles. The van der Waals surface area contributed by atoms with E-state index in [2.05, 4.69) is 31.7 Å². The predicted octanol–water partition coefficient (Wildman–Crippen LogP) is 3.85. The van der Waals surface area contributed by atoms with E-state index >= 15 is 0 Å².